The second-order valence-corrected chi connectivity index (χ2v) is 5.25. The molecule has 2 heteroatoms. The van der Waals surface area contributed by atoms with Gasteiger partial charge in [-0.15, -0.1) is 0 Å². The lowest BCUT2D eigenvalue weighted by molar-refractivity contribution is 0.946. The lowest BCUT2D eigenvalue weighted by Gasteiger charge is -2.32. The van der Waals surface area contributed by atoms with Crippen LogP contribution in [-0.2, 0) is 6.54 Å². The van der Waals surface area contributed by atoms with Crippen molar-refractivity contribution in [3.63, 3.8) is 0 Å². The molecular formula is C17H20NO-. The van der Waals surface area contributed by atoms with Gasteiger partial charge in [-0.05, 0) is 56.5 Å². The van der Waals surface area contributed by atoms with E-state index in [1.807, 2.05) is 31.2 Å². The molecule has 0 aromatic heterocycles. The van der Waals surface area contributed by atoms with E-state index in [-0.39, 0.29) is 0 Å². The van der Waals surface area contributed by atoms with Crippen molar-refractivity contribution in [3.05, 3.63) is 69.4 Å². The molecule has 0 aliphatic rings. The fourth-order valence-electron chi connectivity index (χ4n) is 2.41. The molecule has 0 unspecified atom stereocenters. The zero-order chi connectivity index (χ0) is 14.0. The average Bonchev–Trinajstić information content (AvgIpc) is 2.34. The molecule has 0 spiro atoms. The van der Waals surface area contributed by atoms with E-state index in [0.717, 1.165) is 10.6 Å². The Labute approximate surface area is 115 Å². The van der Waals surface area contributed by atoms with Crippen molar-refractivity contribution in [1.82, 2.24) is 0 Å². The fourth-order valence-corrected chi connectivity index (χ4v) is 2.41. The smallest absolute Gasteiger partial charge is 0.0321 e. The van der Waals surface area contributed by atoms with Gasteiger partial charge < -0.3 is 10.3 Å². The van der Waals surface area contributed by atoms with Crippen LogP contribution in [0, 0.1) is 32.9 Å². The molecule has 0 aliphatic carbocycles. The van der Waals surface area contributed by atoms with Gasteiger partial charge in [0.1, 0.15) is 0 Å². The van der Waals surface area contributed by atoms with E-state index < -0.39 is 0 Å². The number of hydrogen-bond donors (Lipinski definition) is 0. The molecule has 0 atom stereocenters. The maximum Gasteiger partial charge on any atom is 0.0321 e. The summed E-state index contributed by atoms with van der Waals surface area (Å²) in [5.74, 6) is 0. The third-order valence-corrected chi connectivity index (χ3v) is 3.46. The monoisotopic (exact) mass is 254 g/mol. The van der Waals surface area contributed by atoms with Crippen LogP contribution in [0.5, 0.6) is 0 Å². The van der Waals surface area contributed by atoms with Gasteiger partial charge in [0.15, 0.2) is 0 Å². The van der Waals surface area contributed by atoms with Crippen molar-refractivity contribution in [2.45, 2.75) is 34.2 Å². The molecule has 2 rings (SSSR count). The minimum atomic E-state index is 0.404. The topological polar surface area (TPSA) is 26.3 Å². The quantitative estimate of drug-likeness (QED) is 0.758. The van der Waals surface area contributed by atoms with Gasteiger partial charge in [-0.3, -0.25) is 0 Å². The first-order chi connectivity index (χ1) is 8.97. The van der Waals surface area contributed by atoms with Crippen LogP contribution < -0.4 is 5.06 Å². The number of nitrogens with zero attached hydrogens (tertiary/aromatic N) is 1. The average molecular weight is 254 g/mol. The Balaban J connectivity index is 2.24. The van der Waals surface area contributed by atoms with E-state index in [9.17, 15) is 5.21 Å². The van der Waals surface area contributed by atoms with Gasteiger partial charge in [-0.2, -0.15) is 0 Å². The molecule has 0 fully saturated rings. The summed E-state index contributed by atoms with van der Waals surface area (Å²) in [6.07, 6.45) is 0. The molecule has 0 N–H and O–H groups in total. The molecule has 0 saturated heterocycles. The first-order valence-electron chi connectivity index (χ1n) is 6.55. The van der Waals surface area contributed by atoms with Gasteiger partial charge >= 0.3 is 0 Å². The molecule has 0 radical (unpaired) electrons. The predicted octanol–water partition coefficient (Wildman–Crippen LogP) is 4.42. The van der Waals surface area contributed by atoms with E-state index in [2.05, 4.69) is 32.9 Å². The Bertz CT molecular complexity index is 549. The van der Waals surface area contributed by atoms with Gasteiger partial charge in [0.25, 0.3) is 0 Å². The minimum absolute atomic E-state index is 0.404. The van der Waals surface area contributed by atoms with Crippen molar-refractivity contribution in [1.29, 1.82) is 0 Å². The van der Waals surface area contributed by atoms with Crippen LogP contribution in [0.1, 0.15) is 27.8 Å². The van der Waals surface area contributed by atoms with E-state index in [0.29, 0.717) is 12.2 Å². The third kappa shape index (κ3) is 3.15. The number of benzene rings is 2. The van der Waals surface area contributed by atoms with Gasteiger partial charge in [0.2, 0.25) is 0 Å². The number of aryl methyl sites for hydroxylation is 4. The highest BCUT2D eigenvalue weighted by Crippen LogP contribution is 2.22. The molecule has 0 amide bonds. The number of rotatable bonds is 3. The molecule has 0 saturated carbocycles. The second-order valence-electron chi connectivity index (χ2n) is 5.25. The molecule has 0 aliphatic heterocycles. The number of hydroxylamine groups is 1. The van der Waals surface area contributed by atoms with Crippen molar-refractivity contribution >= 4 is 5.69 Å². The maximum atomic E-state index is 12.2. The highest BCUT2D eigenvalue weighted by atomic mass is 16.5. The van der Waals surface area contributed by atoms with Crippen LogP contribution in [-0.4, -0.2) is 0 Å². The van der Waals surface area contributed by atoms with Crippen LogP contribution >= 0.6 is 0 Å². The molecule has 2 nitrogen and oxygen atoms in total. The Kier molecular flexibility index (Phi) is 3.91. The fraction of sp³-hybridized carbons (Fsp3) is 0.294. The summed E-state index contributed by atoms with van der Waals surface area (Å²) >= 11 is 0. The van der Waals surface area contributed by atoms with Crippen molar-refractivity contribution in [3.8, 4) is 0 Å². The predicted molar refractivity (Wildman–Crippen MR) is 81.4 cm³/mol. The summed E-state index contributed by atoms with van der Waals surface area (Å²) in [5, 5.41) is 13.3. The largest absolute Gasteiger partial charge is 0.758 e. The Morgan fingerprint density at radius 2 is 1.37 bits per heavy atom. The third-order valence-electron chi connectivity index (χ3n) is 3.46. The van der Waals surface area contributed by atoms with Gasteiger partial charge in [0.05, 0.1) is 0 Å². The summed E-state index contributed by atoms with van der Waals surface area (Å²) in [4.78, 5) is 0. The summed E-state index contributed by atoms with van der Waals surface area (Å²) in [6.45, 7) is 8.64. The van der Waals surface area contributed by atoms with E-state index in [1.54, 1.807) is 0 Å². The lowest BCUT2D eigenvalue weighted by atomic mass is 9.99. The van der Waals surface area contributed by atoms with Crippen molar-refractivity contribution in [2.24, 2.45) is 0 Å². The Morgan fingerprint density at radius 3 is 1.89 bits per heavy atom. The van der Waals surface area contributed by atoms with Gasteiger partial charge in [-0.1, -0.05) is 35.4 Å². The molecule has 2 aromatic rings. The maximum absolute atomic E-state index is 12.2. The number of hydrogen-bond acceptors (Lipinski definition) is 2. The van der Waals surface area contributed by atoms with Gasteiger partial charge in [-0.25, -0.2) is 0 Å². The first-order valence-corrected chi connectivity index (χ1v) is 6.55. The van der Waals surface area contributed by atoms with Crippen LogP contribution in [0.4, 0.5) is 5.69 Å². The zero-order valence-electron chi connectivity index (χ0n) is 12.0. The first kappa shape index (κ1) is 13.6. The SMILES string of the molecule is Cc1ccc(N([O-])Cc2c(C)cc(C)cc2C)cc1. The molecular weight excluding hydrogens is 234 g/mol. The summed E-state index contributed by atoms with van der Waals surface area (Å²) in [6, 6.07) is 11.9. The highest BCUT2D eigenvalue weighted by molar-refractivity contribution is 5.50. The number of anilines is 1. The van der Waals surface area contributed by atoms with E-state index in [4.69, 9.17) is 0 Å². The van der Waals surface area contributed by atoms with Crippen LogP contribution in [0.3, 0.4) is 0 Å². The standard InChI is InChI=1S/C17H20NO/c1-12-5-7-16(8-6-12)18(19)11-17-14(3)9-13(2)10-15(17)4/h5-10H,11H2,1-4H3/q-1. The van der Waals surface area contributed by atoms with Crippen LogP contribution in [0.15, 0.2) is 36.4 Å². The second kappa shape index (κ2) is 5.45. The van der Waals surface area contributed by atoms with Crippen LogP contribution in [0.25, 0.3) is 0 Å². The molecule has 19 heavy (non-hydrogen) atoms. The Hall–Kier alpha value is -1.80. The van der Waals surface area contributed by atoms with Gasteiger partial charge in [0, 0.05) is 12.2 Å². The highest BCUT2D eigenvalue weighted by Gasteiger charge is 2.05. The minimum Gasteiger partial charge on any atom is -0.758 e. The lowest BCUT2D eigenvalue weighted by Crippen LogP contribution is -2.15. The summed E-state index contributed by atoms with van der Waals surface area (Å²) in [5.41, 5.74) is 6.62. The Morgan fingerprint density at radius 1 is 0.842 bits per heavy atom. The summed E-state index contributed by atoms with van der Waals surface area (Å²) < 4.78 is 0. The molecule has 0 heterocycles. The molecule has 2 aromatic carbocycles. The zero-order valence-corrected chi connectivity index (χ0v) is 12.0. The van der Waals surface area contributed by atoms with E-state index >= 15 is 0 Å². The normalized spacial score (nSPS) is 10.6. The van der Waals surface area contributed by atoms with Crippen LogP contribution in [0.2, 0.25) is 0 Å². The molecule has 0 bridgehead atoms. The van der Waals surface area contributed by atoms with Crippen molar-refractivity contribution in [2.75, 3.05) is 5.06 Å². The summed E-state index contributed by atoms with van der Waals surface area (Å²) in [7, 11) is 0. The van der Waals surface area contributed by atoms with E-state index in [1.165, 1.54) is 22.3 Å². The molecule has 100 valence electrons. The van der Waals surface area contributed by atoms with Crippen molar-refractivity contribution < 1.29 is 0 Å².